The van der Waals surface area contributed by atoms with E-state index in [1.54, 1.807) is 43.3 Å². The van der Waals surface area contributed by atoms with Crippen LogP contribution in [0.2, 0.25) is 15.1 Å². The highest BCUT2D eigenvalue weighted by molar-refractivity contribution is 7.87. The second-order valence-corrected chi connectivity index (χ2v) is 9.44. The van der Waals surface area contributed by atoms with Crippen LogP contribution < -0.4 is 24.8 Å². The molecule has 0 aliphatic heterocycles. The maximum atomic E-state index is 11.7. The first-order valence-corrected chi connectivity index (χ1v) is 12.2. The summed E-state index contributed by atoms with van der Waals surface area (Å²) >= 11 is 18.6. The molecule has 2 aromatic carbocycles. The van der Waals surface area contributed by atoms with Crippen LogP contribution in [0.5, 0.6) is 5.75 Å². The van der Waals surface area contributed by atoms with Crippen LogP contribution in [0, 0.1) is 0 Å². The molecule has 0 atom stereocenters. The van der Waals surface area contributed by atoms with Gasteiger partial charge in [-0.1, -0.05) is 53.9 Å². The number of benzene rings is 2. The Balaban J connectivity index is 1.70. The minimum absolute atomic E-state index is 0.158. The van der Waals surface area contributed by atoms with Crippen molar-refractivity contribution in [1.29, 1.82) is 0 Å². The van der Waals surface area contributed by atoms with Gasteiger partial charge in [-0.3, -0.25) is 0 Å². The standard InChI is InChI=1S/C20H21Cl3N6O3S/c1-3-25-33(30,31)26-10-12-4-6-13(7-5-12)27-19-17(23)11-24-20(29-19)28-14-8-15(21)18(32-2)16(22)9-14/h4-9,11,25-26H,3,10H2,1-2H3,(H2,24,27,28,29). The number of anilines is 4. The smallest absolute Gasteiger partial charge is 0.277 e. The first kappa shape index (κ1) is 25.3. The van der Waals surface area contributed by atoms with Gasteiger partial charge in [-0.05, 0) is 29.8 Å². The van der Waals surface area contributed by atoms with Gasteiger partial charge in [-0.2, -0.15) is 18.1 Å². The number of rotatable bonds is 10. The zero-order chi connectivity index (χ0) is 24.0. The van der Waals surface area contributed by atoms with Crippen LogP contribution >= 0.6 is 34.8 Å². The van der Waals surface area contributed by atoms with E-state index in [2.05, 4.69) is 30.0 Å². The molecule has 0 bridgehead atoms. The van der Waals surface area contributed by atoms with Gasteiger partial charge in [0.2, 0.25) is 5.95 Å². The monoisotopic (exact) mass is 530 g/mol. The van der Waals surface area contributed by atoms with Crippen molar-refractivity contribution in [3.8, 4) is 5.75 Å². The molecule has 176 valence electrons. The van der Waals surface area contributed by atoms with Crippen LogP contribution in [0.15, 0.2) is 42.6 Å². The van der Waals surface area contributed by atoms with Crippen molar-refractivity contribution in [3.63, 3.8) is 0 Å². The van der Waals surface area contributed by atoms with Gasteiger partial charge in [0.15, 0.2) is 11.6 Å². The highest BCUT2D eigenvalue weighted by Gasteiger charge is 2.12. The number of nitrogens with one attached hydrogen (secondary N) is 4. The van der Waals surface area contributed by atoms with Crippen molar-refractivity contribution < 1.29 is 13.2 Å². The molecular weight excluding hydrogens is 511 g/mol. The van der Waals surface area contributed by atoms with Gasteiger partial charge in [0.25, 0.3) is 10.2 Å². The van der Waals surface area contributed by atoms with E-state index in [4.69, 9.17) is 39.5 Å². The maximum Gasteiger partial charge on any atom is 0.277 e. The zero-order valence-corrected chi connectivity index (χ0v) is 20.7. The van der Waals surface area contributed by atoms with Gasteiger partial charge < -0.3 is 15.4 Å². The lowest BCUT2D eigenvalue weighted by Gasteiger charge is -2.12. The largest absolute Gasteiger partial charge is 0.494 e. The van der Waals surface area contributed by atoms with Crippen molar-refractivity contribution in [3.05, 3.63) is 63.2 Å². The van der Waals surface area contributed by atoms with Gasteiger partial charge in [-0.15, -0.1) is 0 Å². The number of aromatic nitrogens is 2. The van der Waals surface area contributed by atoms with Crippen LogP contribution in [0.3, 0.4) is 0 Å². The van der Waals surface area contributed by atoms with E-state index in [0.29, 0.717) is 44.6 Å². The summed E-state index contributed by atoms with van der Waals surface area (Å²) in [6.45, 7) is 2.18. The molecule has 0 saturated carbocycles. The summed E-state index contributed by atoms with van der Waals surface area (Å²) in [6, 6.07) is 10.4. The Kier molecular flexibility index (Phi) is 8.57. The normalized spacial score (nSPS) is 11.3. The lowest BCUT2D eigenvalue weighted by atomic mass is 10.2. The average Bonchev–Trinajstić information content (AvgIpc) is 2.75. The minimum atomic E-state index is -3.51. The Morgan fingerprint density at radius 1 is 0.939 bits per heavy atom. The van der Waals surface area contributed by atoms with Gasteiger partial charge >= 0.3 is 0 Å². The molecule has 0 amide bonds. The molecule has 0 unspecified atom stereocenters. The number of halogens is 3. The Morgan fingerprint density at radius 3 is 2.21 bits per heavy atom. The third-order valence-electron chi connectivity index (χ3n) is 4.22. The molecular formula is C20H21Cl3N6O3S. The fourth-order valence-electron chi connectivity index (χ4n) is 2.73. The summed E-state index contributed by atoms with van der Waals surface area (Å²) in [7, 11) is -2.03. The zero-order valence-electron chi connectivity index (χ0n) is 17.6. The lowest BCUT2D eigenvalue weighted by molar-refractivity contribution is 0.415. The van der Waals surface area contributed by atoms with Crippen LogP contribution in [0.4, 0.5) is 23.1 Å². The fraction of sp³-hybridized carbons (Fsp3) is 0.200. The van der Waals surface area contributed by atoms with Crippen LogP contribution in [-0.2, 0) is 16.8 Å². The molecule has 0 aliphatic carbocycles. The lowest BCUT2D eigenvalue weighted by Crippen LogP contribution is -2.35. The molecule has 3 rings (SSSR count). The quantitative estimate of drug-likeness (QED) is 0.295. The first-order valence-electron chi connectivity index (χ1n) is 9.63. The average molecular weight is 532 g/mol. The highest BCUT2D eigenvalue weighted by Crippen LogP contribution is 2.36. The third-order valence-corrected chi connectivity index (χ3v) is 6.25. The molecule has 33 heavy (non-hydrogen) atoms. The number of methoxy groups -OCH3 is 1. The molecule has 0 aliphatic rings. The molecule has 3 aromatic rings. The van der Waals surface area contributed by atoms with Crippen molar-refractivity contribution >= 4 is 68.2 Å². The molecule has 13 heteroatoms. The van der Waals surface area contributed by atoms with Crippen LogP contribution in [-0.4, -0.2) is 32.0 Å². The van der Waals surface area contributed by atoms with E-state index >= 15 is 0 Å². The maximum absolute atomic E-state index is 11.7. The highest BCUT2D eigenvalue weighted by atomic mass is 35.5. The Hall–Kier alpha value is -2.34. The van der Waals surface area contributed by atoms with E-state index in [1.807, 2.05) is 0 Å². The predicted molar refractivity (Wildman–Crippen MR) is 132 cm³/mol. The molecule has 0 radical (unpaired) electrons. The van der Waals surface area contributed by atoms with E-state index in [1.165, 1.54) is 13.3 Å². The summed E-state index contributed by atoms with van der Waals surface area (Å²) in [4.78, 5) is 8.57. The summed E-state index contributed by atoms with van der Waals surface area (Å²) in [5, 5.41) is 7.13. The summed E-state index contributed by atoms with van der Waals surface area (Å²) in [5.74, 6) is 1.02. The van der Waals surface area contributed by atoms with E-state index in [9.17, 15) is 8.42 Å². The van der Waals surface area contributed by atoms with Gasteiger partial charge in [0, 0.05) is 24.5 Å². The second-order valence-electron chi connectivity index (χ2n) is 6.63. The molecule has 1 aromatic heterocycles. The summed E-state index contributed by atoms with van der Waals surface area (Å²) in [6.07, 6.45) is 1.45. The molecule has 0 spiro atoms. The number of ether oxygens (including phenoxy) is 1. The topological polar surface area (TPSA) is 117 Å². The summed E-state index contributed by atoms with van der Waals surface area (Å²) in [5.41, 5.74) is 2.06. The molecule has 0 saturated heterocycles. The van der Waals surface area contributed by atoms with Crippen LogP contribution in [0.25, 0.3) is 0 Å². The number of nitrogens with zero attached hydrogens (tertiary/aromatic N) is 2. The molecule has 9 nitrogen and oxygen atoms in total. The predicted octanol–water partition coefficient (Wildman–Crippen LogP) is 4.88. The van der Waals surface area contributed by atoms with Crippen molar-refractivity contribution in [2.45, 2.75) is 13.5 Å². The molecule has 4 N–H and O–H groups in total. The SMILES string of the molecule is CCNS(=O)(=O)NCc1ccc(Nc2nc(Nc3cc(Cl)c(OC)c(Cl)c3)ncc2Cl)cc1. The molecule has 1 heterocycles. The van der Waals surface area contributed by atoms with E-state index in [0.717, 1.165) is 5.56 Å². The Bertz CT molecular complexity index is 1200. The minimum Gasteiger partial charge on any atom is -0.494 e. The third kappa shape index (κ3) is 7.07. The number of hydrogen-bond donors (Lipinski definition) is 4. The summed E-state index contributed by atoms with van der Waals surface area (Å²) < 4.78 is 33.4. The van der Waals surface area contributed by atoms with Gasteiger partial charge in [0.1, 0.15) is 5.02 Å². The Labute approximate surface area is 207 Å². The van der Waals surface area contributed by atoms with Crippen molar-refractivity contribution in [1.82, 2.24) is 19.4 Å². The van der Waals surface area contributed by atoms with Crippen molar-refractivity contribution in [2.75, 3.05) is 24.3 Å². The van der Waals surface area contributed by atoms with Crippen LogP contribution in [0.1, 0.15) is 12.5 Å². The van der Waals surface area contributed by atoms with Crippen molar-refractivity contribution in [2.24, 2.45) is 0 Å². The van der Waals surface area contributed by atoms with E-state index in [-0.39, 0.29) is 12.5 Å². The van der Waals surface area contributed by atoms with Gasteiger partial charge in [-0.25, -0.2) is 9.71 Å². The van der Waals surface area contributed by atoms with E-state index < -0.39 is 10.2 Å². The second kappa shape index (κ2) is 11.2. The first-order chi connectivity index (χ1) is 15.7. The Morgan fingerprint density at radius 2 is 1.61 bits per heavy atom. The number of hydrogen-bond acceptors (Lipinski definition) is 7. The molecule has 0 fully saturated rings. The fourth-order valence-corrected chi connectivity index (χ4v) is 4.35. The van der Waals surface area contributed by atoms with Gasteiger partial charge in [0.05, 0.1) is 23.4 Å².